The van der Waals surface area contributed by atoms with Gasteiger partial charge in [0.05, 0.1) is 21.6 Å². The van der Waals surface area contributed by atoms with E-state index in [9.17, 15) is 20.2 Å². The molecule has 0 fully saturated rings. The van der Waals surface area contributed by atoms with E-state index in [4.69, 9.17) is 0 Å². The van der Waals surface area contributed by atoms with Crippen LogP contribution < -0.4 is 4.90 Å². The molecule has 31 heavy (non-hydrogen) atoms. The maximum Gasteiger partial charge on any atom is 0.269 e. The van der Waals surface area contributed by atoms with E-state index in [-0.39, 0.29) is 11.4 Å². The summed E-state index contributed by atoms with van der Waals surface area (Å²) in [4.78, 5) is 23.5. The van der Waals surface area contributed by atoms with Crippen molar-refractivity contribution in [2.45, 2.75) is 13.1 Å². The number of nitro groups is 2. The molecule has 9 nitrogen and oxygen atoms in total. The Morgan fingerprint density at radius 1 is 0.871 bits per heavy atom. The van der Waals surface area contributed by atoms with Crippen molar-refractivity contribution < 1.29 is 9.85 Å². The second-order valence-electron chi connectivity index (χ2n) is 7.22. The van der Waals surface area contributed by atoms with Crippen LogP contribution in [0.3, 0.4) is 0 Å². The molecular weight excluding hydrogens is 398 g/mol. The summed E-state index contributed by atoms with van der Waals surface area (Å²) in [5.74, 6) is 0. The first-order valence-corrected chi connectivity index (χ1v) is 9.54. The van der Waals surface area contributed by atoms with Gasteiger partial charge in [0.25, 0.3) is 11.4 Å². The van der Waals surface area contributed by atoms with Gasteiger partial charge in [0.15, 0.2) is 0 Å². The lowest BCUT2D eigenvalue weighted by Crippen LogP contribution is -2.22. The van der Waals surface area contributed by atoms with E-state index < -0.39 is 9.85 Å². The fraction of sp³-hybridized carbons (Fsp3) is 0.136. The fourth-order valence-corrected chi connectivity index (χ4v) is 3.56. The van der Waals surface area contributed by atoms with Crippen LogP contribution in [0.2, 0.25) is 0 Å². The molecule has 0 spiro atoms. The number of benzene rings is 3. The van der Waals surface area contributed by atoms with Crippen LogP contribution in [0, 0.1) is 20.2 Å². The molecule has 0 N–H and O–H groups in total. The molecule has 0 aliphatic carbocycles. The summed E-state index contributed by atoms with van der Waals surface area (Å²) in [5.41, 5.74) is 3.45. The van der Waals surface area contributed by atoms with Crippen molar-refractivity contribution >= 4 is 28.0 Å². The van der Waals surface area contributed by atoms with Crippen molar-refractivity contribution in [3.8, 4) is 0 Å². The van der Waals surface area contributed by atoms with Crippen molar-refractivity contribution in [1.29, 1.82) is 0 Å². The minimum atomic E-state index is -0.421. The molecule has 4 rings (SSSR count). The monoisotopic (exact) mass is 417 g/mol. The number of aromatic nitrogens is 2. The van der Waals surface area contributed by atoms with E-state index in [0.29, 0.717) is 13.1 Å². The Hall–Kier alpha value is -4.27. The Kier molecular flexibility index (Phi) is 5.31. The highest BCUT2D eigenvalue weighted by Crippen LogP contribution is 2.26. The van der Waals surface area contributed by atoms with Crippen molar-refractivity contribution in [2.75, 3.05) is 4.90 Å². The third-order valence-corrected chi connectivity index (χ3v) is 5.08. The van der Waals surface area contributed by atoms with Crippen LogP contribution in [0.4, 0.5) is 17.1 Å². The average Bonchev–Trinajstić information content (AvgIpc) is 3.14. The van der Waals surface area contributed by atoms with Gasteiger partial charge in [0.2, 0.25) is 0 Å². The topological polar surface area (TPSA) is 107 Å². The smallest absolute Gasteiger partial charge is 0.269 e. The summed E-state index contributed by atoms with van der Waals surface area (Å²) in [7, 11) is 1.87. The number of nitro benzene ring substituents is 2. The fourth-order valence-electron chi connectivity index (χ4n) is 3.56. The Labute approximate surface area is 177 Å². The standard InChI is InChI=1S/C22H19N5O4/c1-24-22-9-8-19(12-18(22)13-23-24)25(14-16-4-2-6-20(10-16)26(28)29)15-17-5-3-7-21(11-17)27(30)31/h2-13H,14-15H2,1H3. The minimum Gasteiger partial charge on any atom is -0.363 e. The molecule has 0 unspecified atom stereocenters. The Morgan fingerprint density at radius 3 is 2.00 bits per heavy atom. The molecule has 0 aliphatic heterocycles. The van der Waals surface area contributed by atoms with Crippen molar-refractivity contribution in [3.63, 3.8) is 0 Å². The van der Waals surface area contributed by atoms with Gasteiger partial charge in [-0.05, 0) is 29.3 Å². The molecule has 0 bridgehead atoms. The summed E-state index contributed by atoms with van der Waals surface area (Å²) >= 11 is 0. The molecule has 9 heteroatoms. The van der Waals surface area contributed by atoms with Crippen LogP contribution >= 0.6 is 0 Å². The number of fused-ring (bicyclic) bond motifs is 1. The molecule has 156 valence electrons. The van der Waals surface area contributed by atoms with Crippen molar-refractivity contribution in [2.24, 2.45) is 7.05 Å². The van der Waals surface area contributed by atoms with Gasteiger partial charge in [0.1, 0.15) is 0 Å². The maximum atomic E-state index is 11.2. The molecule has 0 radical (unpaired) electrons. The Morgan fingerprint density at radius 2 is 1.45 bits per heavy atom. The lowest BCUT2D eigenvalue weighted by Gasteiger charge is -2.25. The minimum absolute atomic E-state index is 0.0236. The predicted molar refractivity (Wildman–Crippen MR) is 117 cm³/mol. The number of non-ortho nitro benzene ring substituents is 2. The summed E-state index contributed by atoms with van der Waals surface area (Å²) in [6.45, 7) is 0.798. The first-order chi connectivity index (χ1) is 14.9. The third kappa shape index (κ3) is 4.35. The summed E-state index contributed by atoms with van der Waals surface area (Å²) in [6, 6.07) is 18.9. The normalized spacial score (nSPS) is 10.9. The van der Waals surface area contributed by atoms with Crippen LogP contribution in [-0.4, -0.2) is 19.6 Å². The number of anilines is 1. The zero-order chi connectivity index (χ0) is 22.0. The predicted octanol–water partition coefficient (Wildman–Crippen LogP) is 4.60. The van der Waals surface area contributed by atoms with Crippen LogP contribution in [-0.2, 0) is 20.1 Å². The number of hydrogen-bond acceptors (Lipinski definition) is 6. The molecule has 0 saturated heterocycles. The quantitative estimate of drug-likeness (QED) is 0.321. The van der Waals surface area contributed by atoms with Gasteiger partial charge in [-0.25, -0.2) is 0 Å². The molecule has 3 aromatic carbocycles. The SMILES string of the molecule is Cn1ncc2cc(N(Cc3cccc([N+](=O)[O-])c3)Cc3cccc([N+](=O)[O-])c3)ccc21. The lowest BCUT2D eigenvalue weighted by atomic mass is 10.1. The van der Waals surface area contributed by atoms with Crippen LogP contribution in [0.1, 0.15) is 11.1 Å². The number of aryl methyl sites for hydroxylation is 1. The van der Waals surface area contributed by atoms with E-state index in [1.54, 1.807) is 35.1 Å². The van der Waals surface area contributed by atoms with Crippen molar-refractivity contribution in [1.82, 2.24) is 9.78 Å². The number of hydrogen-bond donors (Lipinski definition) is 0. The summed E-state index contributed by atoms with van der Waals surface area (Å²) in [6.07, 6.45) is 1.78. The van der Waals surface area contributed by atoms with Gasteiger partial charge in [-0.15, -0.1) is 0 Å². The summed E-state index contributed by atoms with van der Waals surface area (Å²) in [5, 5.41) is 27.6. The molecule has 1 heterocycles. The van der Waals surface area contributed by atoms with Gasteiger partial charge in [-0.2, -0.15) is 5.10 Å². The molecule has 0 atom stereocenters. The largest absolute Gasteiger partial charge is 0.363 e. The van der Waals surface area contributed by atoms with Crippen molar-refractivity contribution in [3.05, 3.63) is 104 Å². The highest BCUT2D eigenvalue weighted by molar-refractivity contribution is 5.82. The third-order valence-electron chi connectivity index (χ3n) is 5.08. The van der Waals surface area contributed by atoms with Gasteiger partial charge in [0, 0.05) is 55.5 Å². The van der Waals surface area contributed by atoms with Crippen LogP contribution in [0.15, 0.2) is 72.9 Å². The lowest BCUT2D eigenvalue weighted by molar-refractivity contribution is -0.385. The molecule has 0 aliphatic rings. The zero-order valence-corrected chi connectivity index (χ0v) is 16.7. The van der Waals surface area contributed by atoms with E-state index in [1.165, 1.54) is 12.1 Å². The second-order valence-corrected chi connectivity index (χ2v) is 7.22. The second kappa shape index (κ2) is 8.23. The van der Waals surface area contributed by atoms with Gasteiger partial charge in [-0.3, -0.25) is 24.9 Å². The maximum absolute atomic E-state index is 11.2. The highest BCUT2D eigenvalue weighted by Gasteiger charge is 2.15. The van der Waals surface area contributed by atoms with E-state index in [2.05, 4.69) is 5.10 Å². The highest BCUT2D eigenvalue weighted by atomic mass is 16.6. The van der Waals surface area contributed by atoms with Gasteiger partial charge < -0.3 is 4.90 Å². The Bertz CT molecular complexity index is 1220. The van der Waals surface area contributed by atoms with Crippen LogP contribution in [0.25, 0.3) is 10.9 Å². The zero-order valence-electron chi connectivity index (χ0n) is 16.7. The first-order valence-electron chi connectivity index (χ1n) is 9.54. The Balaban J connectivity index is 1.72. The van der Waals surface area contributed by atoms with E-state index in [1.807, 2.05) is 42.3 Å². The van der Waals surface area contributed by atoms with E-state index >= 15 is 0 Å². The number of rotatable bonds is 7. The number of nitrogens with zero attached hydrogens (tertiary/aromatic N) is 5. The molecule has 4 aromatic rings. The first kappa shape index (κ1) is 20.0. The molecule has 0 saturated carbocycles. The summed E-state index contributed by atoms with van der Waals surface area (Å²) < 4.78 is 1.78. The average molecular weight is 417 g/mol. The van der Waals surface area contributed by atoms with E-state index in [0.717, 1.165) is 27.7 Å². The van der Waals surface area contributed by atoms with Gasteiger partial charge in [-0.1, -0.05) is 24.3 Å². The van der Waals surface area contributed by atoms with Gasteiger partial charge >= 0.3 is 0 Å². The molecular formula is C22H19N5O4. The molecule has 1 aromatic heterocycles. The molecule has 0 amide bonds. The van der Waals surface area contributed by atoms with Crippen LogP contribution in [0.5, 0.6) is 0 Å².